The molecule has 1 aromatic carbocycles. The minimum atomic E-state index is 0.625. The maximum atomic E-state index is 5.26. The lowest BCUT2D eigenvalue weighted by Gasteiger charge is -2.02. The lowest BCUT2D eigenvalue weighted by Crippen LogP contribution is -2.04. The van der Waals surface area contributed by atoms with Crippen molar-refractivity contribution < 1.29 is 4.52 Å². The van der Waals surface area contributed by atoms with Crippen molar-refractivity contribution in [1.82, 2.24) is 15.1 Å². The van der Waals surface area contributed by atoms with Crippen molar-refractivity contribution in [2.45, 2.75) is 19.8 Å². The number of para-hydroxylation sites is 1. The first-order valence-corrected chi connectivity index (χ1v) is 7.69. The van der Waals surface area contributed by atoms with Gasteiger partial charge in [0, 0.05) is 24.0 Å². The summed E-state index contributed by atoms with van der Waals surface area (Å²) in [6.45, 7) is 2.76. The topological polar surface area (TPSA) is 63.8 Å². The molecule has 2 heterocycles. The number of anilines is 1. The molecule has 0 saturated carbocycles. The van der Waals surface area contributed by atoms with Gasteiger partial charge in [0.15, 0.2) is 5.82 Å². The van der Waals surface area contributed by atoms with Crippen molar-refractivity contribution in [1.29, 1.82) is 0 Å². The van der Waals surface area contributed by atoms with Gasteiger partial charge in [-0.05, 0) is 19.1 Å². The fourth-order valence-electron chi connectivity index (χ4n) is 1.98. The molecule has 0 bridgehead atoms. The third-order valence-electron chi connectivity index (χ3n) is 2.96. The quantitative estimate of drug-likeness (QED) is 0.758. The molecule has 0 aliphatic carbocycles. The Kier molecular flexibility index (Phi) is 4.25. The Morgan fingerprint density at radius 1 is 1.19 bits per heavy atom. The van der Waals surface area contributed by atoms with E-state index in [9.17, 15) is 0 Å². The maximum Gasteiger partial charge on any atom is 0.228 e. The maximum absolute atomic E-state index is 5.26. The number of aromatic nitrogens is 3. The van der Waals surface area contributed by atoms with Gasteiger partial charge in [-0.15, -0.1) is 11.3 Å². The van der Waals surface area contributed by atoms with E-state index in [0.717, 1.165) is 22.9 Å². The zero-order valence-corrected chi connectivity index (χ0v) is 12.6. The van der Waals surface area contributed by atoms with E-state index in [-0.39, 0.29) is 0 Å². The molecule has 0 aliphatic heterocycles. The molecule has 0 spiro atoms. The number of aryl methyl sites for hydroxylation is 1. The van der Waals surface area contributed by atoms with Gasteiger partial charge in [0.2, 0.25) is 5.89 Å². The average molecular weight is 300 g/mol. The number of nitrogens with zero attached hydrogens (tertiary/aromatic N) is 3. The Bertz CT molecular complexity index is 693. The van der Waals surface area contributed by atoms with Gasteiger partial charge in [-0.2, -0.15) is 4.98 Å². The van der Waals surface area contributed by atoms with Gasteiger partial charge in [-0.25, -0.2) is 4.98 Å². The Hall–Kier alpha value is -2.21. The second-order valence-corrected chi connectivity index (χ2v) is 5.74. The van der Waals surface area contributed by atoms with Gasteiger partial charge in [0.1, 0.15) is 0 Å². The molecule has 5 nitrogen and oxygen atoms in total. The summed E-state index contributed by atoms with van der Waals surface area (Å²) in [5.74, 6) is 1.34. The number of rotatable bonds is 6. The summed E-state index contributed by atoms with van der Waals surface area (Å²) < 4.78 is 5.26. The van der Waals surface area contributed by atoms with E-state index in [1.54, 1.807) is 11.3 Å². The van der Waals surface area contributed by atoms with Crippen molar-refractivity contribution in [2.75, 3.05) is 11.9 Å². The van der Waals surface area contributed by atoms with E-state index in [1.807, 2.05) is 42.6 Å². The molecule has 2 aromatic heterocycles. The first-order chi connectivity index (χ1) is 10.3. The summed E-state index contributed by atoms with van der Waals surface area (Å²) in [6, 6.07) is 10.1. The molecule has 6 heteroatoms. The lowest BCUT2D eigenvalue weighted by atomic mass is 10.3. The van der Waals surface area contributed by atoms with Crippen LogP contribution >= 0.6 is 11.3 Å². The molecule has 3 aromatic rings. The van der Waals surface area contributed by atoms with Crippen LogP contribution in [0.15, 0.2) is 40.2 Å². The van der Waals surface area contributed by atoms with Crippen molar-refractivity contribution in [3.05, 3.63) is 58.1 Å². The van der Waals surface area contributed by atoms with E-state index in [1.165, 1.54) is 0 Å². The molecule has 108 valence electrons. The molecule has 1 N–H and O–H groups in total. The highest BCUT2D eigenvalue weighted by atomic mass is 32.1. The SMILES string of the molecule is Cc1nc(Cc2noc(CCNc3ccccc3)n2)cs1. The smallest absolute Gasteiger partial charge is 0.228 e. The molecule has 21 heavy (non-hydrogen) atoms. The molecular formula is C15H16N4OS. The first-order valence-electron chi connectivity index (χ1n) is 6.81. The van der Waals surface area contributed by atoms with Crippen LogP contribution in [-0.4, -0.2) is 21.7 Å². The third kappa shape index (κ3) is 3.88. The fraction of sp³-hybridized carbons (Fsp3) is 0.267. The highest BCUT2D eigenvalue weighted by molar-refractivity contribution is 7.09. The Balaban J connectivity index is 1.51. The number of benzene rings is 1. The van der Waals surface area contributed by atoms with Gasteiger partial charge in [0.05, 0.1) is 17.1 Å². The summed E-state index contributed by atoms with van der Waals surface area (Å²) in [5, 5.41) is 10.4. The van der Waals surface area contributed by atoms with E-state index in [2.05, 4.69) is 20.4 Å². The van der Waals surface area contributed by atoms with E-state index in [0.29, 0.717) is 24.6 Å². The minimum absolute atomic E-state index is 0.625. The second kappa shape index (κ2) is 6.49. The summed E-state index contributed by atoms with van der Waals surface area (Å²) in [5.41, 5.74) is 2.09. The monoisotopic (exact) mass is 300 g/mol. The molecule has 0 saturated heterocycles. The fourth-order valence-corrected chi connectivity index (χ4v) is 2.60. The van der Waals surface area contributed by atoms with Crippen LogP contribution < -0.4 is 5.32 Å². The standard InChI is InChI=1S/C15H16N4OS/c1-11-17-13(10-21-11)9-14-18-15(20-19-14)7-8-16-12-5-3-2-4-6-12/h2-6,10,16H,7-9H2,1H3. The normalized spacial score (nSPS) is 10.7. The highest BCUT2D eigenvalue weighted by Crippen LogP contribution is 2.12. The van der Waals surface area contributed by atoms with Gasteiger partial charge < -0.3 is 9.84 Å². The van der Waals surface area contributed by atoms with Gasteiger partial charge in [-0.3, -0.25) is 0 Å². The van der Waals surface area contributed by atoms with Crippen molar-refractivity contribution in [3.8, 4) is 0 Å². The molecule has 0 aliphatic rings. The average Bonchev–Trinajstić information content (AvgIpc) is 3.10. The molecule has 0 amide bonds. The Morgan fingerprint density at radius 3 is 2.81 bits per heavy atom. The van der Waals surface area contributed by atoms with Gasteiger partial charge >= 0.3 is 0 Å². The minimum Gasteiger partial charge on any atom is -0.385 e. The molecular weight excluding hydrogens is 284 g/mol. The highest BCUT2D eigenvalue weighted by Gasteiger charge is 2.08. The van der Waals surface area contributed by atoms with Gasteiger partial charge in [-0.1, -0.05) is 23.4 Å². The predicted octanol–water partition coefficient (Wildman–Crippen LogP) is 3.08. The van der Waals surface area contributed by atoms with Crippen LogP contribution in [0.2, 0.25) is 0 Å². The predicted molar refractivity (Wildman–Crippen MR) is 82.6 cm³/mol. The van der Waals surface area contributed by atoms with Crippen molar-refractivity contribution >= 4 is 17.0 Å². The summed E-state index contributed by atoms with van der Waals surface area (Å²) in [4.78, 5) is 8.79. The number of thiazole rings is 1. The van der Waals surface area contributed by atoms with E-state index in [4.69, 9.17) is 4.52 Å². The molecule has 3 rings (SSSR count). The summed E-state index contributed by atoms with van der Waals surface area (Å²) in [7, 11) is 0. The third-order valence-corrected chi connectivity index (χ3v) is 3.78. The van der Waals surface area contributed by atoms with Crippen LogP contribution in [0.1, 0.15) is 22.4 Å². The van der Waals surface area contributed by atoms with Gasteiger partial charge in [0.25, 0.3) is 0 Å². The zero-order chi connectivity index (χ0) is 14.5. The van der Waals surface area contributed by atoms with Crippen LogP contribution in [0.25, 0.3) is 0 Å². The second-order valence-electron chi connectivity index (χ2n) is 4.68. The Morgan fingerprint density at radius 2 is 2.05 bits per heavy atom. The zero-order valence-electron chi connectivity index (χ0n) is 11.7. The summed E-state index contributed by atoms with van der Waals surface area (Å²) >= 11 is 1.63. The van der Waals surface area contributed by atoms with Crippen LogP contribution in [0.3, 0.4) is 0 Å². The number of hydrogen-bond acceptors (Lipinski definition) is 6. The number of nitrogens with one attached hydrogen (secondary N) is 1. The van der Waals surface area contributed by atoms with Crippen LogP contribution in [-0.2, 0) is 12.8 Å². The molecule has 0 fully saturated rings. The van der Waals surface area contributed by atoms with Crippen molar-refractivity contribution in [2.24, 2.45) is 0 Å². The number of hydrogen-bond donors (Lipinski definition) is 1. The molecule has 0 unspecified atom stereocenters. The summed E-state index contributed by atoms with van der Waals surface area (Å²) in [6.07, 6.45) is 1.33. The Labute approximate surface area is 127 Å². The molecule has 0 atom stereocenters. The van der Waals surface area contributed by atoms with Crippen LogP contribution in [0.5, 0.6) is 0 Å². The van der Waals surface area contributed by atoms with E-state index >= 15 is 0 Å². The molecule has 0 radical (unpaired) electrons. The first kappa shape index (κ1) is 13.8. The largest absolute Gasteiger partial charge is 0.385 e. The van der Waals surface area contributed by atoms with E-state index < -0.39 is 0 Å². The lowest BCUT2D eigenvalue weighted by molar-refractivity contribution is 0.376. The van der Waals surface area contributed by atoms with Crippen molar-refractivity contribution in [3.63, 3.8) is 0 Å². The van der Waals surface area contributed by atoms with Crippen LogP contribution in [0, 0.1) is 6.92 Å². The van der Waals surface area contributed by atoms with Crippen LogP contribution in [0.4, 0.5) is 5.69 Å².